The fraction of sp³-hybridized carbons (Fsp3) is 0.217. The van der Waals surface area contributed by atoms with Gasteiger partial charge in [0.25, 0.3) is 11.8 Å². The number of hydrogen-bond acceptors (Lipinski definition) is 5. The highest BCUT2D eigenvalue weighted by Gasteiger charge is 2.27. The Bertz CT molecular complexity index is 1090. The first kappa shape index (κ1) is 21.4. The molecule has 7 nitrogen and oxygen atoms in total. The van der Waals surface area contributed by atoms with Gasteiger partial charge in [0.05, 0.1) is 11.1 Å². The van der Waals surface area contributed by atoms with Crippen molar-refractivity contribution in [3.05, 3.63) is 78.1 Å². The van der Waals surface area contributed by atoms with Crippen molar-refractivity contribution < 1.29 is 23.1 Å². The number of para-hydroxylation sites is 1. The van der Waals surface area contributed by atoms with Crippen LogP contribution in [-0.2, 0) is 0 Å². The number of benzene rings is 2. The van der Waals surface area contributed by atoms with Gasteiger partial charge in [0.15, 0.2) is 5.82 Å². The Morgan fingerprint density at radius 1 is 0.812 bits per heavy atom. The van der Waals surface area contributed by atoms with Crippen molar-refractivity contribution in [2.24, 2.45) is 0 Å². The second-order valence-electron chi connectivity index (χ2n) is 7.12. The van der Waals surface area contributed by atoms with Crippen LogP contribution in [0.3, 0.4) is 0 Å². The summed E-state index contributed by atoms with van der Waals surface area (Å²) in [4.78, 5) is 37.3. The third-order valence-corrected chi connectivity index (χ3v) is 5.12. The topological polar surface area (TPSA) is 75.6 Å². The summed E-state index contributed by atoms with van der Waals surface area (Å²) >= 11 is 0. The molecule has 2 heterocycles. The van der Waals surface area contributed by atoms with Crippen LogP contribution in [0, 0.1) is 0 Å². The van der Waals surface area contributed by atoms with Gasteiger partial charge in [0.1, 0.15) is 5.75 Å². The number of hydrogen-bond donors (Lipinski definition) is 0. The maximum Gasteiger partial charge on any atom is 0.387 e. The van der Waals surface area contributed by atoms with E-state index in [4.69, 9.17) is 0 Å². The molecule has 9 heteroatoms. The third-order valence-electron chi connectivity index (χ3n) is 5.12. The first-order valence-electron chi connectivity index (χ1n) is 10.0. The molecule has 4 rings (SSSR count). The molecule has 0 spiro atoms. The molecule has 0 bridgehead atoms. The molecule has 1 saturated heterocycles. The minimum Gasteiger partial charge on any atom is -0.434 e. The minimum atomic E-state index is -3.02. The monoisotopic (exact) mass is 438 g/mol. The van der Waals surface area contributed by atoms with E-state index in [1.165, 1.54) is 35.5 Å². The molecule has 164 valence electrons. The Kier molecular flexibility index (Phi) is 6.34. The van der Waals surface area contributed by atoms with Crippen LogP contribution in [0.5, 0.6) is 5.75 Å². The number of carbonyl (C=O) groups is 2. The van der Waals surface area contributed by atoms with Crippen LogP contribution in [0.25, 0.3) is 11.4 Å². The number of ether oxygens (including phenoxy) is 1. The van der Waals surface area contributed by atoms with Gasteiger partial charge in [-0.2, -0.15) is 8.78 Å². The van der Waals surface area contributed by atoms with Crippen LogP contribution in [0.1, 0.15) is 20.7 Å². The predicted octanol–water partition coefficient (Wildman–Crippen LogP) is 3.34. The predicted molar refractivity (Wildman–Crippen MR) is 112 cm³/mol. The molecule has 0 N–H and O–H groups in total. The molecular formula is C23H20F2N4O3. The summed E-state index contributed by atoms with van der Waals surface area (Å²) in [7, 11) is 0. The number of nitrogens with zero attached hydrogens (tertiary/aromatic N) is 4. The van der Waals surface area contributed by atoms with Crippen LogP contribution in [0.15, 0.2) is 67.0 Å². The number of aromatic nitrogens is 2. The molecular weight excluding hydrogens is 418 g/mol. The van der Waals surface area contributed by atoms with E-state index in [9.17, 15) is 18.4 Å². The van der Waals surface area contributed by atoms with Crippen LogP contribution < -0.4 is 4.74 Å². The standard InChI is InChI=1S/C23H20F2N4O3/c24-23(25)32-19-9-5-4-8-18(19)22(31)29-12-10-28(11-13-29)21(30)17-14-26-20(27-15-17)16-6-2-1-3-7-16/h1-9,14-15,23H,10-13H2. The van der Waals surface area contributed by atoms with Gasteiger partial charge in [0, 0.05) is 44.1 Å². The lowest BCUT2D eigenvalue weighted by molar-refractivity contribution is -0.0503. The van der Waals surface area contributed by atoms with E-state index < -0.39 is 12.5 Å². The van der Waals surface area contributed by atoms with E-state index in [-0.39, 0.29) is 30.3 Å². The van der Waals surface area contributed by atoms with Gasteiger partial charge in [-0.3, -0.25) is 9.59 Å². The summed E-state index contributed by atoms with van der Waals surface area (Å²) in [5.74, 6) is -0.272. The quantitative estimate of drug-likeness (QED) is 0.611. The lowest BCUT2D eigenvalue weighted by Crippen LogP contribution is -2.50. The Morgan fingerprint density at radius 2 is 1.38 bits per heavy atom. The summed E-state index contributed by atoms with van der Waals surface area (Å²) in [6.07, 6.45) is 2.99. The van der Waals surface area contributed by atoms with Crippen molar-refractivity contribution in [2.45, 2.75) is 6.61 Å². The molecule has 2 aromatic carbocycles. The van der Waals surface area contributed by atoms with E-state index in [1.54, 1.807) is 11.0 Å². The highest BCUT2D eigenvalue weighted by molar-refractivity contribution is 5.97. The molecule has 0 aliphatic carbocycles. The van der Waals surface area contributed by atoms with E-state index in [1.807, 2.05) is 30.3 Å². The van der Waals surface area contributed by atoms with Crippen LogP contribution in [0.4, 0.5) is 8.78 Å². The van der Waals surface area contributed by atoms with E-state index in [0.29, 0.717) is 24.5 Å². The zero-order valence-corrected chi connectivity index (χ0v) is 17.0. The van der Waals surface area contributed by atoms with E-state index in [2.05, 4.69) is 14.7 Å². The SMILES string of the molecule is O=C(c1cnc(-c2ccccc2)nc1)N1CCN(C(=O)c2ccccc2OC(F)F)CC1. The Hall–Kier alpha value is -3.88. The molecule has 1 aromatic heterocycles. The summed E-state index contributed by atoms with van der Waals surface area (Å²) < 4.78 is 29.7. The van der Waals surface area contributed by atoms with Gasteiger partial charge in [0.2, 0.25) is 0 Å². The summed E-state index contributed by atoms with van der Waals surface area (Å²) in [5.41, 5.74) is 1.28. The van der Waals surface area contributed by atoms with Gasteiger partial charge in [-0.05, 0) is 12.1 Å². The number of carbonyl (C=O) groups excluding carboxylic acids is 2. The molecule has 32 heavy (non-hydrogen) atoms. The van der Waals surface area contributed by atoms with Gasteiger partial charge >= 0.3 is 6.61 Å². The smallest absolute Gasteiger partial charge is 0.387 e. The summed E-state index contributed by atoms with van der Waals surface area (Å²) in [6, 6.07) is 15.3. The van der Waals surface area contributed by atoms with Crippen molar-refractivity contribution in [1.29, 1.82) is 0 Å². The molecule has 0 radical (unpaired) electrons. The minimum absolute atomic E-state index is 0.0671. The molecule has 3 aromatic rings. The maximum atomic E-state index is 12.8. The Labute approximate surface area is 183 Å². The average Bonchev–Trinajstić information content (AvgIpc) is 2.84. The average molecular weight is 438 g/mol. The maximum absolute atomic E-state index is 12.8. The fourth-order valence-electron chi connectivity index (χ4n) is 3.48. The lowest BCUT2D eigenvalue weighted by Gasteiger charge is -2.35. The number of piperazine rings is 1. The zero-order valence-electron chi connectivity index (χ0n) is 17.0. The summed E-state index contributed by atoms with van der Waals surface area (Å²) in [6.45, 7) is -1.85. The number of rotatable bonds is 5. The van der Waals surface area contributed by atoms with Crippen molar-refractivity contribution in [1.82, 2.24) is 19.8 Å². The lowest BCUT2D eigenvalue weighted by atomic mass is 10.1. The van der Waals surface area contributed by atoms with E-state index >= 15 is 0 Å². The second kappa shape index (κ2) is 9.51. The molecule has 1 fully saturated rings. The number of halogens is 2. The van der Waals surface area contributed by atoms with Gasteiger partial charge in [-0.15, -0.1) is 0 Å². The van der Waals surface area contributed by atoms with E-state index in [0.717, 1.165) is 5.56 Å². The zero-order chi connectivity index (χ0) is 22.5. The van der Waals surface area contributed by atoms with Crippen molar-refractivity contribution >= 4 is 11.8 Å². The molecule has 1 aliphatic heterocycles. The largest absolute Gasteiger partial charge is 0.434 e. The van der Waals surface area contributed by atoms with Crippen LogP contribution >= 0.6 is 0 Å². The van der Waals surface area contributed by atoms with Crippen LogP contribution in [0.2, 0.25) is 0 Å². The summed E-state index contributed by atoms with van der Waals surface area (Å²) in [5, 5.41) is 0. The molecule has 0 atom stereocenters. The Morgan fingerprint density at radius 3 is 2.00 bits per heavy atom. The van der Waals surface area contributed by atoms with Gasteiger partial charge < -0.3 is 14.5 Å². The second-order valence-corrected chi connectivity index (χ2v) is 7.12. The molecule has 2 amide bonds. The highest BCUT2D eigenvalue weighted by Crippen LogP contribution is 2.23. The normalized spacial score (nSPS) is 13.8. The molecule has 0 unspecified atom stereocenters. The first-order chi connectivity index (χ1) is 15.5. The number of alkyl halides is 2. The van der Waals surface area contributed by atoms with Gasteiger partial charge in [-0.25, -0.2) is 9.97 Å². The molecule has 1 aliphatic rings. The third kappa shape index (κ3) is 4.72. The van der Waals surface area contributed by atoms with Gasteiger partial charge in [-0.1, -0.05) is 42.5 Å². The first-order valence-corrected chi connectivity index (χ1v) is 10.0. The van der Waals surface area contributed by atoms with Crippen LogP contribution in [-0.4, -0.2) is 64.4 Å². The number of amides is 2. The fourth-order valence-corrected chi connectivity index (χ4v) is 3.48. The Balaban J connectivity index is 1.38. The van der Waals surface area contributed by atoms with Crippen molar-refractivity contribution in [2.75, 3.05) is 26.2 Å². The van der Waals surface area contributed by atoms with Crippen molar-refractivity contribution in [3.63, 3.8) is 0 Å². The highest BCUT2D eigenvalue weighted by atomic mass is 19.3. The molecule has 0 saturated carbocycles. The van der Waals surface area contributed by atoms with Crippen molar-refractivity contribution in [3.8, 4) is 17.1 Å².